The maximum atomic E-state index is 12.8. The molecule has 0 fully saturated rings. The van der Waals surface area contributed by atoms with E-state index in [1.165, 1.54) is 12.1 Å². The molecule has 0 radical (unpaired) electrons. The van der Waals surface area contributed by atoms with Gasteiger partial charge >= 0.3 is 6.09 Å². The average Bonchev–Trinajstić information content (AvgIpc) is 2.42. The van der Waals surface area contributed by atoms with Gasteiger partial charge in [-0.2, -0.15) is 0 Å². The molecule has 110 valence electrons. The molecule has 1 rings (SSSR count). The van der Waals surface area contributed by atoms with Crippen LogP contribution >= 0.6 is 0 Å². The van der Waals surface area contributed by atoms with Crippen molar-refractivity contribution in [2.24, 2.45) is 0 Å². The van der Waals surface area contributed by atoms with Crippen LogP contribution in [0.1, 0.15) is 19.8 Å². The average molecular weight is 284 g/mol. The van der Waals surface area contributed by atoms with Crippen molar-refractivity contribution >= 4 is 12.0 Å². The number of ether oxygens (including phenoxy) is 2. The molecule has 0 atom stereocenters. The summed E-state index contributed by atoms with van der Waals surface area (Å²) in [6.07, 6.45) is -0.106. The fourth-order valence-corrected chi connectivity index (χ4v) is 1.33. The minimum absolute atomic E-state index is 0.168. The number of hydrazine groups is 1. The number of carbonyl (C=O) groups is 2. The van der Waals surface area contributed by atoms with Gasteiger partial charge in [0, 0.05) is 12.5 Å². The summed E-state index contributed by atoms with van der Waals surface area (Å²) in [4.78, 5) is 22.2. The van der Waals surface area contributed by atoms with Gasteiger partial charge < -0.3 is 9.47 Å². The van der Waals surface area contributed by atoms with Crippen molar-refractivity contribution in [2.75, 3.05) is 13.2 Å². The second-order valence-corrected chi connectivity index (χ2v) is 3.80. The molecule has 2 amide bonds. The number of hydrogen-bond donors (Lipinski definition) is 2. The van der Waals surface area contributed by atoms with Gasteiger partial charge in [-0.05, 0) is 25.5 Å². The molecule has 0 spiro atoms. The largest absolute Gasteiger partial charge is 0.493 e. The van der Waals surface area contributed by atoms with E-state index < -0.39 is 6.09 Å². The van der Waals surface area contributed by atoms with Crippen molar-refractivity contribution < 1.29 is 23.5 Å². The topological polar surface area (TPSA) is 76.7 Å². The number of carbonyl (C=O) groups excluding carboxylic acids is 2. The van der Waals surface area contributed by atoms with E-state index >= 15 is 0 Å². The van der Waals surface area contributed by atoms with E-state index in [2.05, 4.69) is 15.6 Å². The lowest BCUT2D eigenvalue weighted by atomic mass is 10.3. The first-order chi connectivity index (χ1) is 9.61. The van der Waals surface area contributed by atoms with Crippen molar-refractivity contribution in [3.8, 4) is 5.75 Å². The van der Waals surface area contributed by atoms with Crippen LogP contribution in [0.3, 0.4) is 0 Å². The molecular formula is C13H17FN2O4. The third-order valence-electron chi connectivity index (χ3n) is 2.19. The summed E-state index contributed by atoms with van der Waals surface area (Å²) in [5.74, 6) is -0.324. The molecule has 2 N–H and O–H groups in total. The van der Waals surface area contributed by atoms with Gasteiger partial charge in [0.2, 0.25) is 5.91 Å². The lowest BCUT2D eigenvalue weighted by molar-refractivity contribution is -0.122. The van der Waals surface area contributed by atoms with E-state index in [1.807, 2.05) is 0 Å². The van der Waals surface area contributed by atoms with Crippen LogP contribution in [0.2, 0.25) is 0 Å². The summed E-state index contributed by atoms with van der Waals surface area (Å²) in [5, 5.41) is 0. The first kappa shape index (κ1) is 15.7. The van der Waals surface area contributed by atoms with Crippen molar-refractivity contribution in [1.82, 2.24) is 10.9 Å². The van der Waals surface area contributed by atoms with Gasteiger partial charge in [-0.25, -0.2) is 14.6 Å². The summed E-state index contributed by atoms with van der Waals surface area (Å²) >= 11 is 0. The number of amides is 2. The summed E-state index contributed by atoms with van der Waals surface area (Å²) in [7, 11) is 0. The molecule has 0 aliphatic rings. The highest BCUT2D eigenvalue weighted by molar-refractivity contribution is 5.78. The van der Waals surface area contributed by atoms with Crippen molar-refractivity contribution in [3.63, 3.8) is 0 Å². The first-order valence-corrected chi connectivity index (χ1v) is 6.21. The van der Waals surface area contributed by atoms with Crippen molar-refractivity contribution in [1.29, 1.82) is 0 Å². The molecule has 6 nitrogen and oxygen atoms in total. The van der Waals surface area contributed by atoms with Gasteiger partial charge in [-0.1, -0.05) is 6.07 Å². The second-order valence-electron chi connectivity index (χ2n) is 3.80. The van der Waals surface area contributed by atoms with E-state index in [0.29, 0.717) is 12.2 Å². The van der Waals surface area contributed by atoms with Crippen LogP contribution in [-0.2, 0) is 9.53 Å². The minimum Gasteiger partial charge on any atom is -0.493 e. The molecule has 1 aromatic rings. The Bertz CT molecular complexity index is 454. The van der Waals surface area contributed by atoms with E-state index in [-0.39, 0.29) is 31.4 Å². The second kappa shape index (κ2) is 8.73. The Morgan fingerprint density at radius 3 is 2.80 bits per heavy atom. The van der Waals surface area contributed by atoms with E-state index in [4.69, 9.17) is 4.74 Å². The smallest absolute Gasteiger partial charge is 0.426 e. The van der Waals surface area contributed by atoms with E-state index in [9.17, 15) is 14.0 Å². The van der Waals surface area contributed by atoms with Crippen LogP contribution in [0.25, 0.3) is 0 Å². The number of benzene rings is 1. The van der Waals surface area contributed by atoms with Crippen LogP contribution < -0.4 is 15.6 Å². The van der Waals surface area contributed by atoms with Crippen LogP contribution in [0.5, 0.6) is 5.75 Å². The molecule has 0 aliphatic carbocycles. The van der Waals surface area contributed by atoms with Crippen LogP contribution in [0, 0.1) is 5.82 Å². The predicted octanol–water partition coefficient (Wildman–Crippen LogP) is 1.76. The molecule has 0 bridgehead atoms. The van der Waals surface area contributed by atoms with Gasteiger partial charge in [0.25, 0.3) is 0 Å². The molecule has 1 aromatic carbocycles. The predicted molar refractivity (Wildman–Crippen MR) is 69.4 cm³/mol. The molecule has 0 saturated heterocycles. The zero-order chi connectivity index (χ0) is 14.8. The Morgan fingerprint density at radius 1 is 1.30 bits per heavy atom. The molecule has 0 unspecified atom stereocenters. The number of hydrogen-bond acceptors (Lipinski definition) is 4. The molecule has 0 aliphatic heterocycles. The summed E-state index contributed by atoms with van der Waals surface area (Å²) < 4.78 is 22.7. The normalized spacial score (nSPS) is 9.70. The van der Waals surface area contributed by atoms with Crippen LogP contribution in [0.4, 0.5) is 9.18 Å². The van der Waals surface area contributed by atoms with Gasteiger partial charge in [-0.15, -0.1) is 0 Å². The Kier molecular flexibility index (Phi) is 6.88. The summed E-state index contributed by atoms with van der Waals surface area (Å²) in [6.45, 7) is 2.16. The first-order valence-electron chi connectivity index (χ1n) is 6.21. The maximum absolute atomic E-state index is 12.8. The SMILES string of the molecule is CCOC(=O)NNC(=O)CCCOc1cccc(F)c1. The van der Waals surface area contributed by atoms with Crippen LogP contribution in [-0.4, -0.2) is 25.2 Å². The van der Waals surface area contributed by atoms with Gasteiger partial charge in [-0.3, -0.25) is 10.2 Å². The Balaban J connectivity index is 2.11. The maximum Gasteiger partial charge on any atom is 0.426 e. The molecule has 0 aromatic heterocycles. The van der Waals surface area contributed by atoms with Crippen LogP contribution in [0.15, 0.2) is 24.3 Å². The standard InChI is InChI=1S/C13H17FN2O4/c1-2-19-13(18)16-15-12(17)7-4-8-20-11-6-3-5-10(14)9-11/h3,5-6,9H,2,4,7-8H2,1H3,(H,15,17)(H,16,18). The molecular weight excluding hydrogens is 267 g/mol. The zero-order valence-corrected chi connectivity index (χ0v) is 11.1. The lowest BCUT2D eigenvalue weighted by Gasteiger charge is -2.08. The molecule has 7 heteroatoms. The molecule has 0 saturated carbocycles. The highest BCUT2D eigenvalue weighted by Gasteiger charge is 2.04. The Morgan fingerprint density at radius 2 is 2.10 bits per heavy atom. The monoisotopic (exact) mass is 284 g/mol. The lowest BCUT2D eigenvalue weighted by Crippen LogP contribution is -2.41. The van der Waals surface area contributed by atoms with Gasteiger partial charge in [0.15, 0.2) is 0 Å². The Hall–Kier alpha value is -2.31. The molecule has 20 heavy (non-hydrogen) atoms. The number of nitrogens with one attached hydrogen (secondary N) is 2. The Labute approximate surface area is 116 Å². The molecule has 0 heterocycles. The highest BCUT2D eigenvalue weighted by Crippen LogP contribution is 2.12. The number of rotatable bonds is 6. The summed E-state index contributed by atoms with van der Waals surface area (Å²) in [6, 6.07) is 5.76. The third-order valence-corrected chi connectivity index (χ3v) is 2.19. The quantitative estimate of drug-likeness (QED) is 0.616. The van der Waals surface area contributed by atoms with E-state index in [1.54, 1.807) is 19.1 Å². The fraction of sp³-hybridized carbons (Fsp3) is 0.385. The zero-order valence-electron chi connectivity index (χ0n) is 11.1. The van der Waals surface area contributed by atoms with Gasteiger partial charge in [0.05, 0.1) is 13.2 Å². The third kappa shape index (κ3) is 6.58. The van der Waals surface area contributed by atoms with Crippen molar-refractivity contribution in [2.45, 2.75) is 19.8 Å². The fourth-order valence-electron chi connectivity index (χ4n) is 1.33. The number of halogens is 1. The van der Waals surface area contributed by atoms with E-state index in [0.717, 1.165) is 0 Å². The van der Waals surface area contributed by atoms with Crippen molar-refractivity contribution in [3.05, 3.63) is 30.1 Å². The highest BCUT2D eigenvalue weighted by atomic mass is 19.1. The minimum atomic E-state index is -0.711. The van der Waals surface area contributed by atoms with Gasteiger partial charge in [0.1, 0.15) is 11.6 Å². The summed E-state index contributed by atoms with van der Waals surface area (Å²) in [5.41, 5.74) is 4.29.